The van der Waals surface area contributed by atoms with Gasteiger partial charge in [0.05, 0.1) is 17.7 Å². The monoisotopic (exact) mass is 641 g/mol. The summed E-state index contributed by atoms with van der Waals surface area (Å²) in [4.78, 5) is 26.5. The second-order valence-corrected chi connectivity index (χ2v) is 13.6. The van der Waals surface area contributed by atoms with Crippen LogP contribution in [0.3, 0.4) is 0 Å². The number of hydrogen-bond acceptors (Lipinski definition) is 8. The van der Waals surface area contributed by atoms with Gasteiger partial charge in [0.15, 0.2) is 0 Å². The third kappa shape index (κ3) is 9.49. The smallest absolute Gasteiger partial charge is 0.408 e. The van der Waals surface area contributed by atoms with Gasteiger partial charge in [-0.1, -0.05) is 91.0 Å². The van der Waals surface area contributed by atoms with E-state index in [0.29, 0.717) is 0 Å². The number of rotatable bonds is 12. The summed E-state index contributed by atoms with van der Waals surface area (Å²) in [6.45, 7) is 12.9. The highest BCUT2D eigenvalue weighted by Gasteiger charge is 2.38. The Hall–Kier alpha value is -4.54. The molecule has 0 unspecified atom stereocenters. The molecular formula is C37H47N5O5. The van der Waals surface area contributed by atoms with Crippen LogP contribution >= 0.6 is 0 Å². The molecule has 250 valence electrons. The summed E-state index contributed by atoms with van der Waals surface area (Å²) in [6, 6.07) is 28.2. The number of benzene rings is 3. The molecule has 3 aromatic carbocycles. The Morgan fingerprint density at radius 1 is 0.766 bits per heavy atom. The summed E-state index contributed by atoms with van der Waals surface area (Å²) in [6.07, 6.45) is -0.859. The van der Waals surface area contributed by atoms with E-state index in [1.165, 1.54) is 0 Å². The van der Waals surface area contributed by atoms with E-state index in [2.05, 4.69) is 20.8 Å². The Labute approximate surface area is 277 Å². The van der Waals surface area contributed by atoms with E-state index >= 15 is 0 Å². The van der Waals surface area contributed by atoms with E-state index in [1.807, 2.05) is 112 Å². The molecule has 0 fully saturated rings. The third-order valence-corrected chi connectivity index (χ3v) is 7.35. The molecule has 0 aliphatic heterocycles. The normalized spacial score (nSPS) is 14.1. The number of carbonyl (C=O) groups is 2. The lowest BCUT2D eigenvalue weighted by atomic mass is 9.77. The zero-order valence-electron chi connectivity index (χ0n) is 28.3. The van der Waals surface area contributed by atoms with Crippen LogP contribution in [0.1, 0.15) is 102 Å². The van der Waals surface area contributed by atoms with Crippen molar-refractivity contribution in [2.24, 2.45) is 5.73 Å². The van der Waals surface area contributed by atoms with E-state index in [0.717, 1.165) is 16.7 Å². The molecule has 0 radical (unpaired) electrons. The molecule has 0 saturated heterocycles. The molecule has 47 heavy (non-hydrogen) atoms. The van der Waals surface area contributed by atoms with Crippen LogP contribution in [0.4, 0.5) is 4.79 Å². The molecule has 0 bridgehead atoms. The Bertz CT molecular complexity index is 1480. The molecule has 3 atom stereocenters. The van der Waals surface area contributed by atoms with Gasteiger partial charge in [-0.15, -0.1) is 10.2 Å². The van der Waals surface area contributed by atoms with E-state index in [1.54, 1.807) is 27.7 Å². The van der Waals surface area contributed by atoms with Gasteiger partial charge in [0, 0.05) is 6.42 Å². The average molecular weight is 642 g/mol. The van der Waals surface area contributed by atoms with Crippen LogP contribution in [0.5, 0.6) is 0 Å². The van der Waals surface area contributed by atoms with Crippen LogP contribution in [-0.4, -0.2) is 39.5 Å². The van der Waals surface area contributed by atoms with Gasteiger partial charge in [0.2, 0.25) is 17.7 Å². The predicted molar refractivity (Wildman–Crippen MR) is 180 cm³/mol. The summed E-state index contributed by atoms with van der Waals surface area (Å²) in [5.74, 6) is 0.0689. The van der Waals surface area contributed by atoms with Crippen LogP contribution in [0, 0.1) is 0 Å². The van der Waals surface area contributed by atoms with Crippen molar-refractivity contribution < 1.29 is 23.5 Å². The molecule has 0 saturated carbocycles. The van der Waals surface area contributed by atoms with E-state index < -0.39 is 41.0 Å². The summed E-state index contributed by atoms with van der Waals surface area (Å²) in [5.41, 5.74) is 7.12. The number of nitrogens with one attached hydrogen (secondary N) is 2. The Kier molecular flexibility index (Phi) is 11.2. The zero-order valence-corrected chi connectivity index (χ0v) is 28.3. The van der Waals surface area contributed by atoms with Gasteiger partial charge in [0.25, 0.3) is 0 Å². The summed E-state index contributed by atoms with van der Waals surface area (Å²) < 4.78 is 17.6. The first-order chi connectivity index (χ1) is 22.2. The molecule has 1 aromatic heterocycles. The van der Waals surface area contributed by atoms with E-state index in [-0.39, 0.29) is 30.5 Å². The van der Waals surface area contributed by atoms with Crippen LogP contribution < -0.4 is 16.4 Å². The number of alkyl carbamates (subject to hydrolysis) is 1. The Morgan fingerprint density at radius 3 is 1.68 bits per heavy atom. The van der Waals surface area contributed by atoms with E-state index in [9.17, 15) is 9.59 Å². The Morgan fingerprint density at radius 2 is 1.23 bits per heavy atom. The third-order valence-electron chi connectivity index (χ3n) is 7.35. The molecular weight excluding hydrogens is 594 g/mol. The molecule has 0 aliphatic carbocycles. The number of ether oxygens (including phenoxy) is 2. The molecule has 0 aliphatic rings. The SMILES string of the molecule is C[C@@H](OC(C)(C)C)[C@H](NC(=O)OC(C)(C)C)c1nnc([C@@H](N)CCC(=O)NC(c2ccccc2)(c2ccccc2)c2ccccc2)o1. The van der Waals surface area contributed by atoms with Gasteiger partial charge in [-0.2, -0.15) is 0 Å². The van der Waals surface area contributed by atoms with Gasteiger partial charge in [-0.05, 0) is 71.6 Å². The van der Waals surface area contributed by atoms with E-state index in [4.69, 9.17) is 19.6 Å². The van der Waals surface area contributed by atoms with Crippen LogP contribution in [0.15, 0.2) is 95.4 Å². The summed E-state index contributed by atoms with van der Waals surface area (Å²) in [7, 11) is 0. The van der Waals surface area contributed by atoms with Crippen molar-refractivity contribution in [1.29, 1.82) is 0 Å². The minimum absolute atomic E-state index is 0.0935. The van der Waals surface area contributed by atoms with Crippen LogP contribution in [-0.2, 0) is 19.8 Å². The lowest BCUT2D eigenvalue weighted by Gasteiger charge is -2.37. The lowest BCUT2D eigenvalue weighted by molar-refractivity contribution is -0.122. The number of amides is 2. The number of carbonyl (C=O) groups excluding carboxylic acids is 2. The fourth-order valence-corrected chi connectivity index (χ4v) is 5.42. The molecule has 10 nitrogen and oxygen atoms in total. The fraction of sp³-hybridized carbons (Fsp3) is 0.405. The van der Waals surface area contributed by atoms with Gasteiger partial charge < -0.3 is 30.3 Å². The average Bonchev–Trinajstić information content (AvgIpc) is 3.51. The number of aromatic nitrogens is 2. The molecule has 0 spiro atoms. The number of nitrogens with two attached hydrogens (primary N) is 1. The first-order valence-electron chi connectivity index (χ1n) is 15.9. The molecule has 10 heteroatoms. The minimum atomic E-state index is -0.938. The highest BCUT2D eigenvalue weighted by Crippen LogP contribution is 2.37. The zero-order chi connectivity index (χ0) is 34.2. The van der Waals surface area contributed by atoms with Gasteiger partial charge in [-0.25, -0.2) is 4.79 Å². The minimum Gasteiger partial charge on any atom is -0.444 e. The molecule has 4 rings (SSSR count). The Balaban J connectivity index is 1.54. The number of hydrogen-bond donors (Lipinski definition) is 3. The van der Waals surface area contributed by atoms with Gasteiger partial charge in [-0.3, -0.25) is 4.79 Å². The second kappa shape index (κ2) is 14.9. The second-order valence-electron chi connectivity index (χ2n) is 13.6. The van der Waals surface area contributed by atoms with Gasteiger partial charge in [0.1, 0.15) is 17.2 Å². The predicted octanol–water partition coefficient (Wildman–Crippen LogP) is 6.73. The maximum atomic E-state index is 13.8. The first-order valence-corrected chi connectivity index (χ1v) is 15.9. The summed E-state index contributed by atoms with van der Waals surface area (Å²) >= 11 is 0. The molecule has 2 amide bonds. The van der Waals surface area contributed by atoms with Crippen molar-refractivity contribution in [2.45, 2.75) is 96.2 Å². The van der Waals surface area contributed by atoms with Crippen LogP contribution in [0.2, 0.25) is 0 Å². The van der Waals surface area contributed by atoms with Crippen molar-refractivity contribution in [3.63, 3.8) is 0 Å². The molecule has 4 N–H and O–H groups in total. The fourth-order valence-electron chi connectivity index (χ4n) is 5.42. The molecule has 1 heterocycles. The maximum absolute atomic E-state index is 13.8. The van der Waals surface area contributed by atoms with Crippen LogP contribution in [0.25, 0.3) is 0 Å². The van der Waals surface area contributed by atoms with Crippen molar-refractivity contribution in [1.82, 2.24) is 20.8 Å². The largest absolute Gasteiger partial charge is 0.444 e. The highest BCUT2D eigenvalue weighted by atomic mass is 16.6. The lowest BCUT2D eigenvalue weighted by Crippen LogP contribution is -2.47. The van der Waals surface area contributed by atoms with Crippen molar-refractivity contribution >= 4 is 12.0 Å². The van der Waals surface area contributed by atoms with Crippen molar-refractivity contribution in [3.8, 4) is 0 Å². The molecule has 4 aromatic rings. The van der Waals surface area contributed by atoms with Crippen molar-refractivity contribution in [3.05, 3.63) is 119 Å². The summed E-state index contributed by atoms with van der Waals surface area (Å²) in [5, 5.41) is 14.5. The topological polar surface area (TPSA) is 142 Å². The standard InChI is InChI=1S/C37H47N5O5/c1-25(46-35(2,3)4)31(39-34(44)47-36(5,6)7)33-42-41-32(45-33)29(38)23-24-30(43)40-37(26-17-11-8-12-18-26,27-19-13-9-14-20-27)28-21-15-10-16-22-28/h8-22,25,29,31H,23-24,38H2,1-7H3,(H,39,44)(H,40,43)/t25-,29+,31+/m1/s1. The van der Waals surface area contributed by atoms with Crippen molar-refractivity contribution in [2.75, 3.05) is 0 Å². The maximum Gasteiger partial charge on any atom is 0.408 e. The quantitative estimate of drug-likeness (QED) is 0.145. The van der Waals surface area contributed by atoms with Gasteiger partial charge >= 0.3 is 6.09 Å². The number of nitrogens with zero attached hydrogens (tertiary/aromatic N) is 2. The first kappa shape index (κ1) is 35.3. The highest BCUT2D eigenvalue weighted by molar-refractivity contribution is 5.79.